The van der Waals surface area contributed by atoms with E-state index in [0.717, 1.165) is 24.6 Å². The van der Waals surface area contributed by atoms with E-state index in [1.54, 1.807) is 13.8 Å². The number of hydrogen-bond donors (Lipinski definition) is 2. The first-order chi connectivity index (χ1) is 20.1. The van der Waals surface area contributed by atoms with E-state index in [2.05, 4.69) is 15.4 Å². The van der Waals surface area contributed by atoms with Crippen LogP contribution in [0.4, 0.5) is 33.3 Å². The van der Waals surface area contributed by atoms with Gasteiger partial charge in [0.25, 0.3) is 5.92 Å². The van der Waals surface area contributed by atoms with Gasteiger partial charge < -0.3 is 15.3 Å². The molecule has 1 aliphatic heterocycles. The smallest absolute Gasteiger partial charge is 0.387 e. The molecule has 9 nitrogen and oxygen atoms in total. The Hall–Kier alpha value is -3.04. The van der Waals surface area contributed by atoms with Crippen LogP contribution in [0.2, 0.25) is 5.15 Å². The normalized spacial score (nSPS) is 26.1. The van der Waals surface area contributed by atoms with E-state index in [9.17, 15) is 31.5 Å². The van der Waals surface area contributed by atoms with Crippen molar-refractivity contribution < 1.29 is 40.3 Å². The molecule has 0 bridgehead atoms. The van der Waals surface area contributed by atoms with Crippen LogP contribution >= 0.6 is 11.6 Å². The highest BCUT2D eigenvalue weighted by molar-refractivity contribution is 7.90. The summed E-state index contributed by atoms with van der Waals surface area (Å²) < 4.78 is 98.5. The molecule has 0 saturated heterocycles. The number of sulfone groups is 1. The van der Waals surface area contributed by atoms with Crippen LogP contribution in [0.15, 0.2) is 36.5 Å². The van der Waals surface area contributed by atoms with Crippen molar-refractivity contribution in [2.75, 3.05) is 30.0 Å². The molecule has 16 heteroatoms. The van der Waals surface area contributed by atoms with Crippen LogP contribution in [0.5, 0.6) is 0 Å². The van der Waals surface area contributed by atoms with Gasteiger partial charge >= 0.3 is 6.18 Å². The molecule has 44 heavy (non-hydrogen) atoms. The second-order valence-electron chi connectivity index (χ2n) is 12.5. The molecule has 1 amide bonds. The van der Waals surface area contributed by atoms with Crippen LogP contribution in [-0.2, 0) is 20.0 Å². The van der Waals surface area contributed by atoms with Gasteiger partial charge in [-0.25, -0.2) is 26.7 Å². The van der Waals surface area contributed by atoms with Gasteiger partial charge in [0.2, 0.25) is 5.91 Å². The number of benzene rings is 1. The number of alkyl halides is 5. The zero-order valence-electron chi connectivity index (χ0n) is 24.4. The predicted octanol–water partition coefficient (Wildman–Crippen LogP) is 4.64. The average Bonchev–Trinajstić information content (AvgIpc) is 3.17. The highest BCUT2D eigenvalue weighted by atomic mass is 35.5. The molecule has 1 unspecified atom stereocenters. The Balaban J connectivity index is 1.41. The predicted molar refractivity (Wildman–Crippen MR) is 153 cm³/mol. The van der Waals surface area contributed by atoms with Crippen LogP contribution in [0.1, 0.15) is 44.9 Å². The van der Waals surface area contributed by atoms with Crippen molar-refractivity contribution in [2.24, 2.45) is 11.3 Å². The number of hydrogen-bond acceptors (Lipinski definition) is 7. The first-order valence-electron chi connectivity index (χ1n) is 13.6. The Morgan fingerprint density at radius 2 is 1.82 bits per heavy atom. The minimum Gasteiger partial charge on any atom is -0.387 e. The molecule has 0 spiro atoms. The summed E-state index contributed by atoms with van der Waals surface area (Å²) in [6.45, 7) is 4.13. The molecule has 2 aromatic heterocycles. The summed E-state index contributed by atoms with van der Waals surface area (Å²) in [4.78, 5) is 18.6. The lowest BCUT2D eigenvalue weighted by atomic mass is 9.87. The van der Waals surface area contributed by atoms with Gasteiger partial charge in [-0.05, 0) is 37.5 Å². The number of carbonyl (C=O) groups is 1. The molecular formula is C28H31ClF5N5O4S. The molecule has 4 atom stereocenters. The van der Waals surface area contributed by atoms with Crippen LogP contribution in [0.3, 0.4) is 0 Å². The van der Waals surface area contributed by atoms with Crippen molar-refractivity contribution in [1.82, 2.24) is 19.9 Å². The standard InChI is InChI=1S/C28H31ClF5N5O4S/c1-15(2)26(41,14-44(5,42)43)12-36-23(40)25(4)21(27(25,30)31)16-6-8-17(9-7-16)38-13-24(3,28(32,33)34)22-18(38)11-35-20-10-19(29)37-39(20)22/h6-11,15,21,41H,12-14H2,1-5H3,(H,36,40)/t21-,24-,25+,26?/m1/s1. The quantitative estimate of drug-likeness (QED) is 0.338. The van der Waals surface area contributed by atoms with E-state index in [4.69, 9.17) is 11.6 Å². The highest BCUT2D eigenvalue weighted by Crippen LogP contribution is 2.71. The molecule has 1 aromatic carbocycles. The summed E-state index contributed by atoms with van der Waals surface area (Å²) >= 11 is 5.95. The third-order valence-corrected chi connectivity index (χ3v) is 10.3. The monoisotopic (exact) mass is 663 g/mol. The molecule has 2 aliphatic rings. The van der Waals surface area contributed by atoms with E-state index in [1.165, 1.54) is 41.4 Å². The molecule has 1 fully saturated rings. The third kappa shape index (κ3) is 4.91. The number of aliphatic hydroxyl groups is 1. The fraction of sp³-hybridized carbons (Fsp3) is 0.536. The Morgan fingerprint density at radius 3 is 2.36 bits per heavy atom. The number of aromatic nitrogens is 3. The molecule has 5 rings (SSSR count). The number of anilines is 2. The molecule has 0 radical (unpaired) electrons. The zero-order chi connectivity index (χ0) is 32.8. The van der Waals surface area contributed by atoms with E-state index in [1.807, 2.05) is 0 Å². The number of amides is 1. The maximum atomic E-state index is 15.2. The van der Waals surface area contributed by atoms with Gasteiger partial charge in [-0.3, -0.25) is 4.79 Å². The van der Waals surface area contributed by atoms with E-state index in [0.29, 0.717) is 0 Å². The summed E-state index contributed by atoms with van der Waals surface area (Å²) in [6, 6.07) is 6.81. The maximum absolute atomic E-state index is 15.2. The molecule has 240 valence electrons. The average molecular weight is 664 g/mol. The lowest BCUT2D eigenvalue weighted by Gasteiger charge is -2.32. The summed E-state index contributed by atoms with van der Waals surface area (Å²) in [7, 11) is -3.66. The number of carbonyl (C=O) groups excluding carboxylic acids is 1. The van der Waals surface area contributed by atoms with E-state index >= 15 is 8.78 Å². The summed E-state index contributed by atoms with van der Waals surface area (Å²) in [6.07, 6.45) is -2.48. The summed E-state index contributed by atoms with van der Waals surface area (Å²) in [5.41, 5.74) is -6.00. The minimum atomic E-state index is -4.68. The number of rotatable bonds is 8. The molecule has 3 aromatic rings. The largest absolute Gasteiger partial charge is 0.401 e. The van der Waals surface area contributed by atoms with Gasteiger partial charge in [-0.15, -0.1) is 0 Å². The first-order valence-corrected chi connectivity index (χ1v) is 16.1. The molecule has 1 aliphatic carbocycles. The van der Waals surface area contributed by atoms with Crippen molar-refractivity contribution in [3.8, 4) is 0 Å². The van der Waals surface area contributed by atoms with Crippen LogP contribution in [0.25, 0.3) is 5.65 Å². The van der Waals surface area contributed by atoms with Crippen molar-refractivity contribution in [1.29, 1.82) is 0 Å². The number of halogens is 6. The van der Waals surface area contributed by atoms with E-state index in [-0.39, 0.29) is 33.4 Å². The van der Waals surface area contributed by atoms with Gasteiger partial charge in [0.15, 0.2) is 10.8 Å². The van der Waals surface area contributed by atoms with Gasteiger partial charge in [0, 0.05) is 31.1 Å². The Kier molecular flexibility index (Phi) is 7.34. The van der Waals surface area contributed by atoms with Gasteiger partial charge in [0.1, 0.15) is 20.7 Å². The molecule has 1 saturated carbocycles. The third-order valence-electron chi connectivity index (χ3n) is 9.05. The minimum absolute atomic E-state index is 0.0278. The van der Waals surface area contributed by atoms with Crippen molar-refractivity contribution >= 4 is 44.4 Å². The fourth-order valence-electron chi connectivity index (χ4n) is 6.04. The van der Waals surface area contributed by atoms with Crippen molar-refractivity contribution in [3.63, 3.8) is 0 Å². The lowest BCUT2D eigenvalue weighted by molar-refractivity contribution is -0.181. The Morgan fingerprint density at radius 1 is 1.20 bits per heavy atom. The van der Waals surface area contributed by atoms with Gasteiger partial charge in [0.05, 0.1) is 34.8 Å². The second-order valence-corrected chi connectivity index (χ2v) is 15.0. The summed E-state index contributed by atoms with van der Waals surface area (Å²) in [5, 5.41) is 17.1. The lowest BCUT2D eigenvalue weighted by Crippen LogP contribution is -2.52. The number of fused-ring (bicyclic) bond motifs is 3. The molecular weight excluding hydrogens is 633 g/mol. The van der Waals surface area contributed by atoms with Crippen LogP contribution < -0.4 is 10.2 Å². The maximum Gasteiger partial charge on any atom is 0.401 e. The summed E-state index contributed by atoms with van der Waals surface area (Å²) in [5.74, 6) is -7.40. The first kappa shape index (κ1) is 32.4. The topological polar surface area (TPSA) is 117 Å². The van der Waals surface area contributed by atoms with Crippen molar-refractivity contribution in [3.05, 3.63) is 52.9 Å². The second kappa shape index (κ2) is 9.98. The van der Waals surface area contributed by atoms with Gasteiger partial charge in [-0.1, -0.05) is 37.6 Å². The number of nitrogens with one attached hydrogen (secondary N) is 1. The highest BCUT2D eigenvalue weighted by Gasteiger charge is 2.82. The fourth-order valence-corrected chi connectivity index (χ4v) is 7.55. The van der Waals surface area contributed by atoms with E-state index < -0.39 is 75.0 Å². The Bertz CT molecular complexity index is 1750. The molecule has 3 heterocycles. The number of nitrogens with zero attached hydrogens (tertiary/aromatic N) is 4. The molecule has 2 N–H and O–H groups in total. The van der Waals surface area contributed by atoms with Crippen LogP contribution in [0, 0.1) is 11.3 Å². The zero-order valence-corrected chi connectivity index (χ0v) is 25.9. The van der Waals surface area contributed by atoms with Gasteiger partial charge in [-0.2, -0.15) is 18.3 Å². The SMILES string of the molecule is CC(C)C(O)(CNC(=O)[C@]1(C)[C@@H](c2ccc(N3C[C@@](C)(C(F)(F)F)c4c3cnc3cc(Cl)nn43)cc2)C1(F)F)CS(C)(=O)=O. The van der Waals surface area contributed by atoms with Crippen LogP contribution in [-0.4, -0.2) is 76.8 Å². The Labute approximate surface area is 255 Å². The van der Waals surface area contributed by atoms with Crippen molar-refractivity contribution in [2.45, 2.75) is 56.7 Å².